The molecule has 1 saturated heterocycles. The summed E-state index contributed by atoms with van der Waals surface area (Å²) in [5.41, 5.74) is -0.890. The molecule has 0 spiro atoms. The third kappa shape index (κ3) is 3.72. The molecule has 0 aromatic heterocycles. The summed E-state index contributed by atoms with van der Waals surface area (Å²) in [5, 5.41) is 12.1. The highest BCUT2D eigenvalue weighted by Gasteiger charge is 2.44. The second-order valence-electron chi connectivity index (χ2n) is 7.18. The number of carbonyl (C=O) groups is 2. The number of ether oxygens (including phenoxy) is 1. The van der Waals surface area contributed by atoms with Crippen molar-refractivity contribution in [3.05, 3.63) is 35.4 Å². The fourth-order valence-electron chi connectivity index (χ4n) is 4.02. The van der Waals surface area contributed by atoms with Crippen molar-refractivity contribution in [1.29, 1.82) is 0 Å². The van der Waals surface area contributed by atoms with Crippen LogP contribution in [0.2, 0.25) is 0 Å². The quantitative estimate of drug-likeness (QED) is 0.858. The number of halogens is 2. The Hall–Kier alpha value is -2.02. The lowest BCUT2D eigenvalue weighted by Gasteiger charge is -2.38. The molecular formula is C19H23F2NO4. The van der Waals surface area contributed by atoms with Crippen LogP contribution < -0.4 is 5.32 Å². The van der Waals surface area contributed by atoms with Crippen LogP contribution in [-0.2, 0) is 19.7 Å². The summed E-state index contributed by atoms with van der Waals surface area (Å²) in [7, 11) is 0. The van der Waals surface area contributed by atoms with Crippen LogP contribution in [0.25, 0.3) is 0 Å². The van der Waals surface area contributed by atoms with Gasteiger partial charge in [0.1, 0.15) is 11.6 Å². The van der Waals surface area contributed by atoms with Gasteiger partial charge in [-0.15, -0.1) is 0 Å². The first kappa shape index (κ1) is 18.8. The van der Waals surface area contributed by atoms with Gasteiger partial charge in [0.15, 0.2) is 0 Å². The van der Waals surface area contributed by atoms with Crippen LogP contribution in [-0.4, -0.2) is 36.2 Å². The normalized spacial score (nSPS) is 25.5. The monoisotopic (exact) mass is 367 g/mol. The van der Waals surface area contributed by atoms with E-state index < -0.39 is 23.0 Å². The van der Waals surface area contributed by atoms with Crippen LogP contribution in [0.4, 0.5) is 8.78 Å². The number of carboxylic acid groups (broad SMARTS) is 1. The van der Waals surface area contributed by atoms with Crippen molar-refractivity contribution in [2.45, 2.75) is 50.0 Å². The van der Waals surface area contributed by atoms with Crippen molar-refractivity contribution in [2.24, 2.45) is 5.92 Å². The minimum absolute atomic E-state index is 0.124. The van der Waals surface area contributed by atoms with E-state index >= 15 is 0 Å². The first-order chi connectivity index (χ1) is 12.4. The van der Waals surface area contributed by atoms with Crippen LogP contribution in [0.1, 0.15) is 44.1 Å². The third-order valence-electron chi connectivity index (χ3n) is 5.64. The van der Waals surface area contributed by atoms with Crippen molar-refractivity contribution in [3.63, 3.8) is 0 Å². The second kappa shape index (κ2) is 7.70. The van der Waals surface area contributed by atoms with E-state index in [1.54, 1.807) is 0 Å². The Morgan fingerprint density at radius 1 is 1.12 bits per heavy atom. The van der Waals surface area contributed by atoms with E-state index in [4.69, 9.17) is 9.84 Å². The van der Waals surface area contributed by atoms with Gasteiger partial charge in [0.05, 0.1) is 11.3 Å². The van der Waals surface area contributed by atoms with Crippen molar-refractivity contribution in [2.75, 3.05) is 13.2 Å². The Balaban J connectivity index is 1.77. The van der Waals surface area contributed by atoms with Crippen LogP contribution in [0.15, 0.2) is 18.2 Å². The zero-order valence-electron chi connectivity index (χ0n) is 14.5. The van der Waals surface area contributed by atoms with Gasteiger partial charge in [-0.1, -0.05) is 6.07 Å². The molecule has 26 heavy (non-hydrogen) atoms. The number of hydrogen-bond acceptors (Lipinski definition) is 3. The number of rotatable bonds is 4. The number of nitrogens with one attached hydrogen (secondary N) is 1. The molecule has 7 heteroatoms. The van der Waals surface area contributed by atoms with Crippen molar-refractivity contribution in [3.8, 4) is 0 Å². The molecular weight excluding hydrogens is 344 g/mol. The number of benzene rings is 1. The molecule has 3 rings (SSSR count). The van der Waals surface area contributed by atoms with Crippen molar-refractivity contribution in [1.82, 2.24) is 5.32 Å². The fraction of sp³-hybridized carbons (Fsp3) is 0.579. The zero-order valence-corrected chi connectivity index (χ0v) is 14.5. The van der Waals surface area contributed by atoms with Crippen molar-refractivity contribution < 1.29 is 28.2 Å². The maximum absolute atomic E-state index is 14.4. The smallest absolute Gasteiger partial charge is 0.306 e. The van der Waals surface area contributed by atoms with Crippen LogP contribution in [0.3, 0.4) is 0 Å². The van der Waals surface area contributed by atoms with Gasteiger partial charge in [0.2, 0.25) is 5.91 Å². The van der Waals surface area contributed by atoms with Gasteiger partial charge in [-0.05, 0) is 44.6 Å². The molecule has 1 amide bonds. The highest BCUT2D eigenvalue weighted by Crippen LogP contribution is 2.37. The van der Waals surface area contributed by atoms with Gasteiger partial charge < -0.3 is 15.2 Å². The van der Waals surface area contributed by atoms with Crippen LogP contribution >= 0.6 is 0 Å². The lowest BCUT2D eigenvalue weighted by atomic mass is 9.72. The van der Waals surface area contributed by atoms with Gasteiger partial charge >= 0.3 is 5.97 Å². The largest absolute Gasteiger partial charge is 0.481 e. The van der Waals surface area contributed by atoms with Crippen LogP contribution in [0.5, 0.6) is 0 Å². The van der Waals surface area contributed by atoms with E-state index in [0.29, 0.717) is 51.7 Å². The Kier molecular flexibility index (Phi) is 5.55. The highest BCUT2D eigenvalue weighted by molar-refractivity contribution is 5.88. The molecule has 1 aliphatic heterocycles. The highest BCUT2D eigenvalue weighted by atomic mass is 19.1. The van der Waals surface area contributed by atoms with Gasteiger partial charge in [-0.3, -0.25) is 9.59 Å². The lowest BCUT2D eigenvalue weighted by Crippen LogP contribution is -2.52. The molecule has 2 fully saturated rings. The molecule has 1 saturated carbocycles. The number of carbonyl (C=O) groups excluding carboxylic acids is 1. The summed E-state index contributed by atoms with van der Waals surface area (Å²) in [6, 6.07) is 3.19. The number of carboxylic acids is 1. The molecule has 1 aromatic rings. The molecule has 2 N–H and O–H groups in total. The van der Waals surface area contributed by atoms with Gasteiger partial charge in [0, 0.05) is 30.9 Å². The lowest BCUT2D eigenvalue weighted by molar-refractivity contribution is -0.142. The summed E-state index contributed by atoms with van der Waals surface area (Å²) in [6.07, 6.45) is 2.85. The van der Waals surface area contributed by atoms with E-state index in [1.165, 1.54) is 12.1 Å². The van der Waals surface area contributed by atoms with E-state index in [1.807, 2.05) is 0 Å². The molecule has 1 heterocycles. The molecule has 5 nitrogen and oxygen atoms in total. The van der Waals surface area contributed by atoms with Gasteiger partial charge in [-0.2, -0.15) is 0 Å². The Morgan fingerprint density at radius 2 is 1.77 bits per heavy atom. The van der Waals surface area contributed by atoms with Crippen molar-refractivity contribution >= 4 is 11.9 Å². The minimum Gasteiger partial charge on any atom is -0.481 e. The fourth-order valence-corrected chi connectivity index (χ4v) is 4.02. The summed E-state index contributed by atoms with van der Waals surface area (Å²) in [4.78, 5) is 24.2. The predicted octanol–water partition coefficient (Wildman–Crippen LogP) is 2.77. The molecule has 1 aliphatic carbocycles. The second-order valence-corrected chi connectivity index (χ2v) is 7.18. The zero-order chi connectivity index (χ0) is 18.7. The number of aliphatic carboxylic acids is 1. The number of amides is 1. The van der Waals surface area contributed by atoms with Gasteiger partial charge in [-0.25, -0.2) is 8.78 Å². The minimum atomic E-state index is -1.08. The molecule has 0 radical (unpaired) electrons. The average Bonchev–Trinajstić information content (AvgIpc) is 2.62. The molecule has 0 bridgehead atoms. The predicted molar refractivity (Wildman–Crippen MR) is 89.6 cm³/mol. The molecule has 2 aliphatic rings. The number of hydrogen-bond donors (Lipinski definition) is 2. The molecule has 0 unspecified atom stereocenters. The standard InChI is InChI=1S/C19H23F2NO4/c20-13-3-6-15(16(21)11-13)19(7-9-26-10-8-19)18(25)22-14-4-1-12(2-5-14)17(23)24/h3,6,11-12,14H,1-2,4-5,7-10H2,(H,22,25)(H,23,24). The third-order valence-corrected chi connectivity index (χ3v) is 5.64. The maximum Gasteiger partial charge on any atom is 0.306 e. The molecule has 1 aromatic carbocycles. The first-order valence-corrected chi connectivity index (χ1v) is 8.99. The maximum atomic E-state index is 14.4. The summed E-state index contributed by atoms with van der Waals surface area (Å²) in [6.45, 7) is 0.659. The van der Waals surface area contributed by atoms with Crippen LogP contribution in [0, 0.1) is 17.6 Å². The average molecular weight is 367 g/mol. The van der Waals surface area contributed by atoms with Gasteiger partial charge in [0.25, 0.3) is 0 Å². The molecule has 142 valence electrons. The topological polar surface area (TPSA) is 75.6 Å². The summed E-state index contributed by atoms with van der Waals surface area (Å²) in [5.74, 6) is -2.86. The van der Waals surface area contributed by atoms with E-state index in [0.717, 1.165) is 6.07 Å². The van der Waals surface area contributed by atoms with E-state index in [-0.39, 0.29) is 23.4 Å². The van der Waals surface area contributed by atoms with E-state index in [9.17, 15) is 18.4 Å². The summed E-state index contributed by atoms with van der Waals surface area (Å²) >= 11 is 0. The Morgan fingerprint density at radius 3 is 2.35 bits per heavy atom. The molecule has 0 atom stereocenters. The Labute approximate surface area is 150 Å². The first-order valence-electron chi connectivity index (χ1n) is 8.99. The Bertz CT molecular complexity index is 680. The SMILES string of the molecule is O=C(O)C1CCC(NC(=O)C2(c3ccc(F)cc3F)CCOCC2)CC1. The van der Waals surface area contributed by atoms with E-state index in [2.05, 4.69) is 5.32 Å². The summed E-state index contributed by atoms with van der Waals surface area (Å²) < 4.78 is 33.1.